The Morgan fingerprint density at radius 1 is 1.19 bits per heavy atom. The first-order valence-electron chi connectivity index (χ1n) is 10.2. The summed E-state index contributed by atoms with van der Waals surface area (Å²) in [6.07, 6.45) is 0.622. The molecule has 1 aliphatic heterocycles. The Hall–Kier alpha value is -3.49. The highest BCUT2D eigenvalue weighted by Crippen LogP contribution is 2.26. The number of fused-ring (bicyclic) bond motifs is 1. The lowest BCUT2D eigenvalue weighted by Gasteiger charge is -2.37. The quantitative estimate of drug-likeness (QED) is 0.694. The van der Waals surface area contributed by atoms with Crippen LogP contribution in [0.25, 0.3) is 16.9 Å². The number of halogens is 1. The Morgan fingerprint density at radius 3 is 2.52 bits per heavy atom. The summed E-state index contributed by atoms with van der Waals surface area (Å²) in [4.78, 5) is 31.9. The van der Waals surface area contributed by atoms with E-state index in [1.165, 1.54) is 17.0 Å². The third kappa shape index (κ3) is 3.95. The van der Waals surface area contributed by atoms with Crippen LogP contribution in [0.1, 0.15) is 42.7 Å². The van der Waals surface area contributed by atoms with Crippen LogP contribution in [0.5, 0.6) is 0 Å². The highest BCUT2D eigenvalue weighted by atomic mass is 19.1. The predicted octanol–water partition coefficient (Wildman–Crippen LogP) is 3.48. The minimum Gasteiger partial charge on any atom is -0.465 e. The maximum Gasteiger partial charge on any atom is 0.407 e. The number of aromatic nitrogens is 3. The second-order valence-corrected chi connectivity index (χ2v) is 8.12. The van der Waals surface area contributed by atoms with Crippen molar-refractivity contribution in [2.45, 2.75) is 32.7 Å². The molecule has 9 heteroatoms. The molecule has 31 heavy (non-hydrogen) atoms. The fraction of sp³-hybridized carbons (Fsp3) is 0.364. The largest absolute Gasteiger partial charge is 0.465 e. The highest BCUT2D eigenvalue weighted by Gasteiger charge is 2.31. The molecule has 1 saturated heterocycles. The van der Waals surface area contributed by atoms with Gasteiger partial charge in [-0.05, 0) is 43.2 Å². The number of carbonyl (C=O) groups is 2. The zero-order valence-electron chi connectivity index (χ0n) is 17.6. The van der Waals surface area contributed by atoms with Crippen molar-refractivity contribution >= 4 is 17.6 Å². The Bertz CT molecular complexity index is 1140. The van der Waals surface area contributed by atoms with E-state index in [-0.39, 0.29) is 35.9 Å². The number of hydrogen-bond donors (Lipinski definition) is 1. The minimum atomic E-state index is -0.980. The fourth-order valence-corrected chi connectivity index (χ4v) is 3.88. The number of benzene rings is 1. The summed E-state index contributed by atoms with van der Waals surface area (Å²) in [6.45, 7) is 6.74. The molecular weight excluding hydrogens is 401 g/mol. The highest BCUT2D eigenvalue weighted by molar-refractivity contribution is 5.93. The van der Waals surface area contributed by atoms with Crippen molar-refractivity contribution in [3.63, 3.8) is 0 Å². The topological polar surface area (TPSA) is 91.0 Å². The average molecular weight is 425 g/mol. The Labute approximate surface area is 178 Å². The molecule has 162 valence electrons. The lowest BCUT2D eigenvalue weighted by Crippen LogP contribution is -2.55. The van der Waals surface area contributed by atoms with E-state index in [4.69, 9.17) is 0 Å². The van der Waals surface area contributed by atoms with Gasteiger partial charge in [-0.1, -0.05) is 13.8 Å². The van der Waals surface area contributed by atoms with Crippen molar-refractivity contribution in [1.29, 1.82) is 0 Å². The number of nitrogens with zero attached hydrogens (tertiary/aromatic N) is 5. The van der Waals surface area contributed by atoms with Crippen LogP contribution in [-0.4, -0.2) is 67.2 Å². The molecule has 0 radical (unpaired) electrons. The third-order valence-electron chi connectivity index (χ3n) is 5.60. The van der Waals surface area contributed by atoms with Crippen LogP contribution in [0.2, 0.25) is 0 Å². The molecule has 8 nitrogen and oxygen atoms in total. The maximum absolute atomic E-state index is 13.3. The molecule has 0 bridgehead atoms. The molecule has 0 aliphatic carbocycles. The van der Waals surface area contributed by atoms with Gasteiger partial charge in [0, 0.05) is 36.8 Å². The summed E-state index contributed by atoms with van der Waals surface area (Å²) in [5, 5.41) is 13.8. The van der Waals surface area contributed by atoms with Gasteiger partial charge in [0.2, 0.25) is 0 Å². The van der Waals surface area contributed by atoms with Gasteiger partial charge in [-0.2, -0.15) is 5.10 Å². The minimum absolute atomic E-state index is 0.134. The van der Waals surface area contributed by atoms with E-state index in [2.05, 4.69) is 10.1 Å². The number of amides is 2. The van der Waals surface area contributed by atoms with Crippen LogP contribution in [0.3, 0.4) is 0 Å². The van der Waals surface area contributed by atoms with Crippen molar-refractivity contribution < 1.29 is 19.1 Å². The average Bonchev–Trinajstić information content (AvgIpc) is 3.16. The number of piperazine rings is 1. The normalized spacial score (nSPS) is 16.9. The standard InChI is InChI=1S/C22H24FN5O3/c1-13(2)17-10-18(15-4-6-16(23)7-5-15)25-28-12-19(24-20(17)28)21(29)26-8-9-27(22(30)31)14(3)11-26/h4-7,10,12-14H,8-9,11H2,1-3H3,(H,30,31). The van der Waals surface area contributed by atoms with Gasteiger partial charge in [0.25, 0.3) is 5.91 Å². The van der Waals surface area contributed by atoms with Crippen LogP contribution >= 0.6 is 0 Å². The summed E-state index contributed by atoms with van der Waals surface area (Å²) in [5.41, 5.74) is 3.22. The second-order valence-electron chi connectivity index (χ2n) is 8.12. The Morgan fingerprint density at radius 2 is 1.90 bits per heavy atom. The summed E-state index contributed by atoms with van der Waals surface area (Å²) >= 11 is 0. The van der Waals surface area contributed by atoms with Crippen LogP contribution in [0.15, 0.2) is 36.5 Å². The van der Waals surface area contributed by atoms with Gasteiger partial charge in [0.15, 0.2) is 5.65 Å². The van der Waals surface area contributed by atoms with Crippen molar-refractivity contribution in [2.75, 3.05) is 19.6 Å². The van der Waals surface area contributed by atoms with Crippen LogP contribution in [-0.2, 0) is 0 Å². The van der Waals surface area contributed by atoms with E-state index in [9.17, 15) is 19.1 Å². The van der Waals surface area contributed by atoms with E-state index < -0.39 is 6.09 Å². The molecule has 3 aromatic rings. The van der Waals surface area contributed by atoms with E-state index in [0.717, 1.165) is 11.1 Å². The van der Waals surface area contributed by atoms with Gasteiger partial charge in [0.05, 0.1) is 11.9 Å². The molecule has 1 aromatic carbocycles. The van der Waals surface area contributed by atoms with Crippen molar-refractivity contribution in [2.24, 2.45) is 0 Å². The van der Waals surface area contributed by atoms with E-state index in [0.29, 0.717) is 24.4 Å². The molecule has 0 saturated carbocycles. The molecule has 2 aromatic heterocycles. The summed E-state index contributed by atoms with van der Waals surface area (Å²) < 4.78 is 14.9. The van der Waals surface area contributed by atoms with Crippen LogP contribution < -0.4 is 0 Å². The van der Waals surface area contributed by atoms with Crippen molar-refractivity contribution in [3.8, 4) is 11.3 Å². The van der Waals surface area contributed by atoms with Gasteiger partial charge in [-0.25, -0.2) is 18.7 Å². The lowest BCUT2D eigenvalue weighted by molar-refractivity contribution is 0.0502. The number of imidazole rings is 1. The second kappa shape index (κ2) is 7.98. The van der Waals surface area contributed by atoms with E-state index in [1.54, 1.807) is 34.7 Å². The SMILES string of the molecule is CC(C)c1cc(-c2ccc(F)cc2)nn2cc(C(=O)N3CCN(C(=O)O)C(C)C3)nc12. The molecule has 1 fully saturated rings. The Kier molecular flexibility index (Phi) is 5.34. The van der Waals surface area contributed by atoms with Gasteiger partial charge < -0.3 is 14.9 Å². The first-order valence-corrected chi connectivity index (χ1v) is 10.2. The first-order chi connectivity index (χ1) is 14.7. The lowest BCUT2D eigenvalue weighted by atomic mass is 10.0. The van der Waals surface area contributed by atoms with Gasteiger partial charge in [-0.15, -0.1) is 0 Å². The Balaban J connectivity index is 1.68. The van der Waals surface area contributed by atoms with Crippen molar-refractivity contribution in [3.05, 3.63) is 53.6 Å². The zero-order valence-corrected chi connectivity index (χ0v) is 17.6. The first kappa shape index (κ1) is 20.8. The third-order valence-corrected chi connectivity index (χ3v) is 5.60. The molecule has 4 rings (SSSR count). The molecule has 1 aliphatic rings. The summed E-state index contributed by atoms with van der Waals surface area (Å²) in [5.74, 6) is -0.434. The summed E-state index contributed by atoms with van der Waals surface area (Å²) in [7, 11) is 0. The van der Waals surface area contributed by atoms with Gasteiger partial charge >= 0.3 is 6.09 Å². The zero-order chi connectivity index (χ0) is 22.3. The molecule has 3 heterocycles. The number of rotatable bonds is 3. The molecule has 1 atom stereocenters. The molecule has 1 N–H and O–H groups in total. The summed E-state index contributed by atoms with van der Waals surface area (Å²) in [6, 6.07) is 7.73. The fourth-order valence-electron chi connectivity index (χ4n) is 3.88. The van der Waals surface area contributed by atoms with Crippen LogP contribution in [0, 0.1) is 5.82 Å². The predicted molar refractivity (Wildman–Crippen MR) is 113 cm³/mol. The number of carbonyl (C=O) groups excluding carboxylic acids is 1. The van der Waals surface area contributed by atoms with Gasteiger partial charge in [0.1, 0.15) is 11.5 Å². The van der Waals surface area contributed by atoms with Gasteiger partial charge in [-0.3, -0.25) is 4.79 Å². The number of hydrogen-bond acceptors (Lipinski definition) is 4. The van der Waals surface area contributed by atoms with E-state index >= 15 is 0 Å². The molecular formula is C22H24FN5O3. The molecule has 2 amide bonds. The number of carboxylic acid groups (broad SMARTS) is 1. The van der Waals surface area contributed by atoms with Crippen molar-refractivity contribution in [1.82, 2.24) is 24.4 Å². The van der Waals surface area contributed by atoms with Crippen LogP contribution in [0.4, 0.5) is 9.18 Å². The monoisotopic (exact) mass is 425 g/mol. The van der Waals surface area contributed by atoms with E-state index in [1.807, 2.05) is 19.9 Å². The molecule has 1 unspecified atom stereocenters. The smallest absolute Gasteiger partial charge is 0.407 e. The molecule has 0 spiro atoms. The maximum atomic E-state index is 13.3.